The van der Waals surface area contributed by atoms with Gasteiger partial charge in [0.05, 0.1) is 12.6 Å². The molecule has 0 aromatic carbocycles. The van der Waals surface area contributed by atoms with Gasteiger partial charge in [-0.05, 0) is 79.1 Å². The molecule has 0 aromatic rings. The van der Waals surface area contributed by atoms with E-state index in [9.17, 15) is 0 Å². The number of fused-ring (bicyclic) bond motifs is 7. The fraction of sp³-hybridized carbons (Fsp3) is 0.852. The molecule has 2 N–H and O–H groups in total. The number of ether oxygens (including phenoxy) is 1. The van der Waals surface area contributed by atoms with Crippen LogP contribution in [0.5, 0.6) is 0 Å². The highest BCUT2D eigenvalue weighted by atomic mass is 16.5. The summed E-state index contributed by atoms with van der Waals surface area (Å²) < 4.78 is 7.06. The summed E-state index contributed by atoms with van der Waals surface area (Å²) in [4.78, 5) is 0. The number of rotatable bonds is 0. The second-order valence-electron chi connectivity index (χ2n) is 12.4. The van der Waals surface area contributed by atoms with Crippen molar-refractivity contribution in [1.82, 2.24) is 0 Å². The van der Waals surface area contributed by atoms with Gasteiger partial charge in [-0.3, -0.25) is 0 Å². The Labute approximate surface area is 177 Å². The van der Waals surface area contributed by atoms with Gasteiger partial charge in [-0.15, -0.1) is 0 Å². The van der Waals surface area contributed by atoms with Gasteiger partial charge in [0.2, 0.25) is 5.72 Å². The van der Waals surface area contributed by atoms with Crippen LogP contribution in [-0.4, -0.2) is 18.4 Å². The first-order valence-corrected chi connectivity index (χ1v) is 12.8. The predicted octanol–water partition coefficient (Wildman–Crippen LogP) is 5.07. The van der Waals surface area contributed by atoms with E-state index in [1.54, 1.807) is 5.57 Å². The fourth-order valence-corrected chi connectivity index (χ4v) is 9.65. The number of nitrogens with two attached hydrogens (primary N) is 1. The molecular formula is C27H42NO+. The standard InChI is InChI=1S/C27H41NO/c1-17-10-14-27(28-16-17)18(2)24-23(29-27)15-22-20-9-8-19-7-5-6-12-25(19,3)21(20)11-13-26(22,24)4/h5,7-8,17-18,20-24,28H,6,9-16H2,1-4H3/p+1/t17-,18+,20+,21+,22-,23-,24-,25-,26-,27-/m0/s1. The van der Waals surface area contributed by atoms with Crippen molar-refractivity contribution in [3.05, 3.63) is 23.8 Å². The van der Waals surface area contributed by atoms with Crippen molar-refractivity contribution in [3.63, 3.8) is 0 Å². The summed E-state index contributed by atoms with van der Waals surface area (Å²) >= 11 is 0. The molecule has 6 aliphatic rings. The lowest BCUT2D eigenvalue weighted by atomic mass is 9.47. The van der Waals surface area contributed by atoms with Crippen LogP contribution in [0.1, 0.15) is 79.1 Å². The minimum Gasteiger partial charge on any atom is -0.323 e. The third-order valence-electron chi connectivity index (χ3n) is 11.3. The molecule has 2 heteroatoms. The van der Waals surface area contributed by atoms with E-state index in [2.05, 4.69) is 51.2 Å². The fourth-order valence-electron chi connectivity index (χ4n) is 9.65. The predicted molar refractivity (Wildman–Crippen MR) is 117 cm³/mol. The third kappa shape index (κ3) is 2.42. The van der Waals surface area contributed by atoms with Crippen molar-refractivity contribution < 1.29 is 10.1 Å². The molecular weight excluding hydrogens is 354 g/mol. The van der Waals surface area contributed by atoms with Crippen molar-refractivity contribution >= 4 is 0 Å². The summed E-state index contributed by atoms with van der Waals surface area (Å²) in [5.74, 6) is 5.00. The topological polar surface area (TPSA) is 25.8 Å². The van der Waals surface area contributed by atoms with Gasteiger partial charge in [0, 0.05) is 24.2 Å². The third-order valence-corrected chi connectivity index (χ3v) is 11.3. The Hall–Kier alpha value is -0.600. The Balaban J connectivity index is 1.30. The molecule has 0 unspecified atom stereocenters. The minimum atomic E-state index is 0.104. The average molecular weight is 397 g/mol. The summed E-state index contributed by atoms with van der Waals surface area (Å²) in [6.07, 6.45) is 18.9. The van der Waals surface area contributed by atoms with Crippen molar-refractivity contribution in [2.24, 2.45) is 46.3 Å². The molecule has 0 bridgehead atoms. The Morgan fingerprint density at radius 2 is 1.93 bits per heavy atom. The molecule has 0 radical (unpaired) electrons. The second kappa shape index (κ2) is 6.22. The molecule has 0 amide bonds. The van der Waals surface area contributed by atoms with Crippen LogP contribution in [0.3, 0.4) is 0 Å². The zero-order valence-electron chi connectivity index (χ0n) is 19.1. The summed E-state index contributed by atoms with van der Waals surface area (Å²) in [6.45, 7) is 11.5. The van der Waals surface area contributed by atoms with Crippen molar-refractivity contribution in [3.8, 4) is 0 Å². The van der Waals surface area contributed by atoms with Crippen LogP contribution in [0.2, 0.25) is 0 Å². The molecule has 2 saturated heterocycles. The smallest absolute Gasteiger partial charge is 0.203 e. The molecule has 0 aromatic heterocycles. The first-order chi connectivity index (χ1) is 13.9. The van der Waals surface area contributed by atoms with E-state index in [1.807, 2.05) is 0 Å². The van der Waals surface area contributed by atoms with E-state index in [1.165, 1.54) is 57.9 Å². The normalized spacial score (nSPS) is 58.3. The summed E-state index contributed by atoms with van der Waals surface area (Å²) in [5, 5.41) is 2.61. The van der Waals surface area contributed by atoms with Gasteiger partial charge in [-0.1, -0.05) is 45.9 Å². The Morgan fingerprint density at radius 1 is 1.07 bits per heavy atom. The van der Waals surface area contributed by atoms with Gasteiger partial charge in [-0.2, -0.15) is 0 Å². The molecule has 29 heavy (non-hydrogen) atoms. The molecule has 2 nitrogen and oxygen atoms in total. The van der Waals surface area contributed by atoms with Crippen LogP contribution in [-0.2, 0) is 4.74 Å². The Kier molecular flexibility index (Phi) is 4.10. The highest BCUT2D eigenvalue weighted by Crippen LogP contribution is 2.69. The maximum Gasteiger partial charge on any atom is 0.203 e. The van der Waals surface area contributed by atoms with Crippen molar-refractivity contribution in [2.75, 3.05) is 6.54 Å². The maximum atomic E-state index is 7.06. The van der Waals surface area contributed by atoms with E-state index in [4.69, 9.17) is 4.74 Å². The van der Waals surface area contributed by atoms with Gasteiger partial charge >= 0.3 is 0 Å². The monoisotopic (exact) mass is 396 g/mol. The van der Waals surface area contributed by atoms with Gasteiger partial charge in [0.15, 0.2) is 0 Å². The first kappa shape index (κ1) is 19.1. The number of hydrogen-bond acceptors (Lipinski definition) is 1. The molecule has 10 atom stereocenters. The van der Waals surface area contributed by atoms with Crippen LogP contribution in [0.25, 0.3) is 0 Å². The average Bonchev–Trinajstić information content (AvgIpc) is 3.15. The Morgan fingerprint density at radius 3 is 2.72 bits per heavy atom. The lowest BCUT2D eigenvalue weighted by molar-refractivity contribution is -0.786. The molecule has 4 aliphatic carbocycles. The van der Waals surface area contributed by atoms with Crippen molar-refractivity contribution in [2.45, 2.75) is 90.9 Å². The molecule has 2 aliphatic heterocycles. The van der Waals surface area contributed by atoms with E-state index in [-0.39, 0.29) is 5.72 Å². The first-order valence-electron chi connectivity index (χ1n) is 12.8. The van der Waals surface area contributed by atoms with Gasteiger partial charge in [-0.25, -0.2) is 0 Å². The maximum absolute atomic E-state index is 7.06. The molecule has 160 valence electrons. The van der Waals surface area contributed by atoms with Gasteiger partial charge in [0.1, 0.15) is 0 Å². The van der Waals surface area contributed by atoms with E-state index < -0.39 is 0 Å². The highest BCUT2D eigenvalue weighted by molar-refractivity contribution is 5.34. The van der Waals surface area contributed by atoms with Crippen LogP contribution in [0.15, 0.2) is 23.8 Å². The van der Waals surface area contributed by atoms with Crippen LogP contribution < -0.4 is 5.32 Å². The van der Waals surface area contributed by atoms with Crippen LogP contribution >= 0.6 is 0 Å². The Bertz CT molecular complexity index is 746. The minimum absolute atomic E-state index is 0.104. The number of allylic oxidation sites excluding steroid dienone is 4. The molecule has 2 heterocycles. The number of quaternary nitrogens is 1. The number of hydrogen-bond donors (Lipinski definition) is 1. The lowest BCUT2D eigenvalue weighted by Crippen LogP contribution is -3.00. The highest BCUT2D eigenvalue weighted by Gasteiger charge is 2.69. The number of piperidine rings is 1. The van der Waals surface area contributed by atoms with Gasteiger partial charge < -0.3 is 10.1 Å². The van der Waals surface area contributed by atoms with E-state index in [0.29, 0.717) is 22.9 Å². The zero-order valence-corrected chi connectivity index (χ0v) is 19.1. The van der Waals surface area contributed by atoms with Crippen molar-refractivity contribution in [1.29, 1.82) is 0 Å². The van der Waals surface area contributed by atoms with E-state index in [0.717, 1.165) is 29.6 Å². The second-order valence-corrected chi connectivity index (χ2v) is 12.4. The summed E-state index contributed by atoms with van der Waals surface area (Å²) in [6, 6.07) is 0. The summed E-state index contributed by atoms with van der Waals surface area (Å²) in [5.41, 5.74) is 2.71. The lowest BCUT2D eigenvalue weighted by Gasteiger charge is -2.57. The quantitative estimate of drug-likeness (QED) is 0.608. The zero-order chi connectivity index (χ0) is 20.0. The molecule has 1 spiro atoms. The van der Waals surface area contributed by atoms with Crippen LogP contribution in [0.4, 0.5) is 0 Å². The molecule has 4 fully saturated rings. The molecule has 6 rings (SSSR count). The molecule has 2 saturated carbocycles. The summed E-state index contributed by atoms with van der Waals surface area (Å²) in [7, 11) is 0. The SMILES string of the molecule is C[C@H]1CC[C@]2([NH2+]C1)O[C@H]1C[C@H]3[C@@H]4CC=C5C=CCC[C@]5(C)[C@@H]4CC[C@]3(C)[C@H]1[C@H]2C. The van der Waals surface area contributed by atoms with Crippen LogP contribution in [0, 0.1) is 46.3 Å². The largest absolute Gasteiger partial charge is 0.323 e. The van der Waals surface area contributed by atoms with E-state index >= 15 is 0 Å². The van der Waals surface area contributed by atoms with Gasteiger partial charge in [0.25, 0.3) is 0 Å².